The van der Waals surface area contributed by atoms with Crippen LogP contribution in [-0.2, 0) is 29.7 Å². The number of rotatable bonds is 7. The molecule has 3 aliphatic rings. The molecule has 2 saturated carbocycles. The Balaban J connectivity index is 1.33. The van der Waals surface area contributed by atoms with Crippen molar-refractivity contribution in [2.45, 2.75) is 74.3 Å². The standard InChI is InChI=1S/C31H30F4N6O4S2/c1-29(43)13-23(14-29)41(47(44,45)26-9-10-39(2)38-26)22-6-3-19-11-24-18(16-37-40(24)21-7-4-20(32)5-8-21)12-30(19,15-22)27(42)28-36-17-25(46-28)31(33,34)35/h4-5,7-11,16-17,22-23,43H,3,6,12-15H2,1-2H3/t22-,23-,29+,30-/m0/s1. The Morgan fingerprint density at radius 3 is 2.45 bits per heavy atom. The van der Waals surface area contributed by atoms with Crippen LogP contribution in [0.5, 0.6) is 0 Å². The Morgan fingerprint density at radius 2 is 1.83 bits per heavy atom. The molecule has 0 unspecified atom stereocenters. The van der Waals surface area contributed by atoms with E-state index in [-0.39, 0.29) is 53.5 Å². The number of benzene rings is 1. The zero-order chi connectivity index (χ0) is 33.5. The van der Waals surface area contributed by atoms with Gasteiger partial charge in [-0.1, -0.05) is 5.57 Å². The lowest BCUT2D eigenvalue weighted by Crippen LogP contribution is -2.60. The zero-order valence-electron chi connectivity index (χ0n) is 25.3. The number of sulfonamides is 1. The molecule has 1 N–H and O–H groups in total. The van der Waals surface area contributed by atoms with Crippen LogP contribution in [0.25, 0.3) is 11.8 Å². The third-order valence-electron chi connectivity index (χ3n) is 9.42. The van der Waals surface area contributed by atoms with Crippen molar-refractivity contribution in [3.8, 4) is 5.69 Å². The van der Waals surface area contributed by atoms with Gasteiger partial charge in [-0.25, -0.2) is 22.5 Å². The van der Waals surface area contributed by atoms with E-state index >= 15 is 0 Å². The lowest BCUT2D eigenvalue weighted by atomic mass is 9.60. The normalized spacial score (nSPS) is 26.0. The molecule has 4 aromatic rings. The van der Waals surface area contributed by atoms with Crippen LogP contribution in [0.4, 0.5) is 17.6 Å². The van der Waals surface area contributed by atoms with Crippen molar-refractivity contribution in [1.29, 1.82) is 0 Å². The van der Waals surface area contributed by atoms with Crippen LogP contribution in [0, 0.1) is 11.2 Å². The molecule has 0 bridgehead atoms. The molecule has 7 rings (SSSR count). The molecule has 0 amide bonds. The fourth-order valence-electron chi connectivity index (χ4n) is 7.27. The van der Waals surface area contributed by atoms with Gasteiger partial charge in [0.15, 0.2) is 10.0 Å². The number of allylic oxidation sites excluding steroid dienone is 1. The number of hydrogen-bond donors (Lipinski definition) is 1. The van der Waals surface area contributed by atoms with Crippen LogP contribution >= 0.6 is 11.3 Å². The van der Waals surface area contributed by atoms with Gasteiger partial charge in [0.1, 0.15) is 10.7 Å². The van der Waals surface area contributed by atoms with Crippen molar-refractivity contribution in [3.63, 3.8) is 0 Å². The Morgan fingerprint density at radius 1 is 1.11 bits per heavy atom. The van der Waals surface area contributed by atoms with Gasteiger partial charge in [0.05, 0.1) is 34.8 Å². The summed E-state index contributed by atoms with van der Waals surface area (Å²) in [7, 11) is -2.61. The van der Waals surface area contributed by atoms with Gasteiger partial charge in [-0.15, -0.1) is 11.3 Å². The van der Waals surface area contributed by atoms with Gasteiger partial charge in [0, 0.05) is 25.3 Å². The monoisotopic (exact) mass is 690 g/mol. The van der Waals surface area contributed by atoms with Gasteiger partial charge < -0.3 is 5.11 Å². The van der Waals surface area contributed by atoms with E-state index < -0.39 is 55.8 Å². The molecule has 0 spiro atoms. The molecular formula is C31H30F4N6O4S2. The van der Waals surface area contributed by atoms with E-state index in [1.807, 2.05) is 0 Å². The molecule has 3 aliphatic carbocycles. The summed E-state index contributed by atoms with van der Waals surface area (Å²) < 4.78 is 87.2. The molecule has 3 aromatic heterocycles. The maximum absolute atomic E-state index is 14.5. The van der Waals surface area contributed by atoms with Crippen molar-refractivity contribution in [1.82, 2.24) is 28.9 Å². The number of ketones is 1. The average Bonchev–Trinajstić information content (AvgIpc) is 3.75. The minimum absolute atomic E-state index is 0.0233. The SMILES string of the molecule is Cn1ccc(S(=O)(=O)N([C@H]2CCC3=Cc4c(cnn4-c4ccc(F)cc4)C[C@]3(C(=O)c3ncc(C(F)(F)F)s3)C2)[C@H]2C[C@@](C)(O)C2)n1. The third-order valence-corrected chi connectivity index (χ3v) is 12.4. The molecule has 16 heteroatoms. The Labute approximate surface area is 271 Å². The summed E-state index contributed by atoms with van der Waals surface area (Å²) in [5.74, 6) is -1.04. The van der Waals surface area contributed by atoms with Crippen LogP contribution in [0.15, 0.2) is 59.5 Å². The molecular weight excluding hydrogens is 661 g/mol. The highest BCUT2D eigenvalue weighted by atomic mass is 32.2. The summed E-state index contributed by atoms with van der Waals surface area (Å²) in [5, 5.41) is 18.7. The summed E-state index contributed by atoms with van der Waals surface area (Å²) in [6.45, 7) is 1.63. The number of hydrogen-bond acceptors (Lipinski definition) is 8. The van der Waals surface area contributed by atoms with Gasteiger partial charge in [-0.2, -0.15) is 27.7 Å². The predicted molar refractivity (Wildman–Crippen MR) is 163 cm³/mol. The van der Waals surface area contributed by atoms with E-state index in [0.29, 0.717) is 35.1 Å². The first kappa shape index (κ1) is 31.8. The second-order valence-electron chi connectivity index (χ2n) is 12.8. The van der Waals surface area contributed by atoms with Gasteiger partial charge >= 0.3 is 6.18 Å². The van der Waals surface area contributed by atoms with E-state index in [4.69, 9.17) is 0 Å². The van der Waals surface area contributed by atoms with Crippen LogP contribution in [0.3, 0.4) is 0 Å². The summed E-state index contributed by atoms with van der Waals surface area (Å²) in [6, 6.07) is 5.80. The van der Waals surface area contributed by atoms with E-state index in [9.17, 15) is 35.9 Å². The second-order valence-corrected chi connectivity index (χ2v) is 15.7. The third kappa shape index (κ3) is 5.44. The lowest BCUT2D eigenvalue weighted by molar-refractivity contribution is -0.134. The maximum Gasteiger partial charge on any atom is 0.427 e. The molecule has 47 heavy (non-hydrogen) atoms. The highest BCUT2D eigenvalue weighted by Gasteiger charge is 2.56. The molecule has 0 saturated heterocycles. The first-order valence-electron chi connectivity index (χ1n) is 14.9. The average molecular weight is 691 g/mol. The van der Waals surface area contributed by atoms with E-state index in [1.165, 1.54) is 33.4 Å². The highest BCUT2D eigenvalue weighted by molar-refractivity contribution is 7.89. The maximum atomic E-state index is 14.5. The molecule has 248 valence electrons. The summed E-state index contributed by atoms with van der Waals surface area (Å²) in [5.41, 5.74) is 0.00430. The first-order chi connectivity index (χ1) is 22.1. The minimum Gasteiger partial charge on any atom is -0.390 e. The smallest absolute Gasteiger partial charge is 0.390 e. The van der Waals surface area contributed by atoms with Crippen LogP contribution in [-0.4, -0.2) is 65.8 Å². The molecule has 10 nitrogen and oxygen atoms in total. The van der Waals surface area contributed by atoms with Gasteiger partial charge in [-0.05, 0) is 87.4 Å². The number of carbonyl (C=O) groups is 1. The molecule has 0 radical (unpaired) electrons. The number of aromatic nitrogens is 5. The predicted octanol–water partition coefficient (Wildman–Crippen LogP) is 5.19. The summed E-state index contributed by atoms with van der Waals surface area (Å²) in [6.07, 6.45) is 1.79. The number of fused-ring (bicyclic) bond motifs is 2. The van der Waals surface area contributed by atoms with Gasteiger partial charge in [0.2, 0.25) is 5.78 Å². The second kappa shape index (κ2) is 10.9. The number of aliphatic hydroxyl groups is 1. The number of carbonyl (C=O) groups excluding carboxylic acids is 1. The molecule has 2 fully saturated rings. The van der Waals surface area contributed by atoms with Crippen LogP contribution in [0.2, 0.25) is 0 Å². The molecule has 1 aromatic carbocycles. The number of Topliss-reactive ketones (excluding diaryl/α,β-unsaturated/α-hetero) is 1. The Kier molecular flexibility index (Phi) is 7.39. The fourth-order valence-corrected chi connectivity index (χ4v) is 9.89. The first-order valence-corrected chi connectivity index (χ1v) is 17.2. The van der Waals surface area contributed by atoms with Crippen LogP contribution in [0.1, 0.15) is 65.0 Å². The number of alkyl halides is 3. The molecule has 3 heterocycles. The zero-order valence-corrected chi connectivity index (χ0v) is 26.9. The number of aryl methyl sites for hydroxylation is 1. The van der Waals surface area contributed by atoms with Crippen molar-refractivity contribution in [2.24, 2.45) is 12.5 Å². The minimum atomic E-state index is -4.69. The van der Waals surface area contributed by atoms with Crippen molar-refractivity contribution < 1.29 is 35.9 Å². The summed E-state index contributed by atoms with van der Waals surface area (Å²) in [4.78, 5) is 17.4. The largest absolute Gasteiger partial charge is 0.427 e. The lowest BCUT2D eigenvalue weighted by Gasteiger charge is -2.52. The van der Waals surface area contributed by atoms with Crippen molar-refractivity contribution in [3.05, 3.63) is 81.5 Å². The van der Waals surface area contributed by atoms with E-state index in [2.05, 4.69) is 15.2 Å². The van der Waals surface area contributed by atoms with Crippen LogP contribution < -0.4 is 0 Å². The van der Waals surface area contributed by atoms with E-state index in [1.54, 1.807) is 43.1 Å². The molecule has 0 aliphatic heterocycles. The van der Waals surface area contributed by atoms with Crippen molar-refractivity contribution >= 4 is 33.2 Å². The molecule has 2 atom stereocenters. The van der Waals surface area contributed by atoms with Gasteiger partial charge in [-0.3, -0.25) is 9.48 Å². The van der Waals surface area contributed by atoms with Gasteiger partial charge in [0.25, 0.3) is 10.0 Å². The number of halogens is 4. The highest BCUT2D eigenvalue weighted by Crippen LogP contribution is 2.53. The fraction of sp³-hybridized carbons (Fsp3) is 0.419. The van der Waals surface area contributed by atoms with E-state index in [0.717, 1.165) is 0 Å². The number of nitrogens with zero attached hydrogens (tertiary/aromatic N) is 6. The number of thiazole rings is 1. The Bertz CT molecular complexity index is 2010. The quantitative estimate of drug-likeness (QED) is 0.209. The summed E-state index contributed by atoms with van der Waals surface area (Å²) >= 11 is 0.266. The Hall–Kier alpha value is -3.73. The topological polar surface area (TPSA) is 123 Å². The van der Waals surface area contributed by atoms with Crippen molar-refractivity contribution in [2.75, 3.05) is 0 Å².